The highest BCUT2D eigenvalue weighted by Crippen LogP contribution is 2.24. The molecule has 0 atom stereocenters. The number of benzene rings is 2. The molecule has 2 amide bonds. The third-order valence-corrected chi connectivity index (χ3v) is 5.52. The first-order chi connectivity index (χ1) is 16.1. The number of aromatic amines is 1. The fourth-order valence-electron chi connectivity index (χ4n) is 3.86. The van der Waals surface area contributed by atoms with Crippen LogP contribution in [-0.4, -0.2) is 25.8 Å². The predicted octanol–water partition coefficient (Wildman–Crippen LogP) is 3.57. The Kier molecular flexibility index (Phi) is 5.43. The van der Waals surface area contributed by atoms with Crippen LogP contribution in [0.15, 0.2) is 65.5 Å². The molecule has 0 aliphatic heterocycles. The molecular weight excluding hydrogens is 423 g/mol. The van der Waals surface area contributed by atoms with E-state index in [0.29, 0.717) is 23.5 Å². The van der Waals surface area contributed by atoms with Crippen molar-refractivity contribution in [3.63, 3.8) is 0 Å². The lowest BCUT2D eigenvalue weighted by atomic mass is 10.2. The van der Waals surface area contributed by atoms with Crippen LogP contribution in [0.5, 0.6) is 0 Å². The summed E-state index contributed by atoms with van der Waals surface area (Å²) in [7, 11) is 0. The lowest BCUT2D eigenvalue weighted by Crippen LogP contribution is -2.29. The van der Waals surface area contributed by atoms with Gasteiger partial charge in [-0.05, 0) is 37.0 Å². The monoisotopic (exact) mass is 444 g/mol. The highest BCUT2D eigenvalue weighted by Gasteiger charge is 2.20. The number of aryl methyl sites for hydroxylation is 1. The average molecular weight is 444 g/mol. The molecule has 0 radical (unpaired) electrons. The SMILES string of the molecule is O=C(NCc1ccc(F)cc1)Nc1cc(-c2ccccc2)nn1-c1nc2c(c(=O)[nH]1)CCC2. The summed E-state index contributed by atoms with van der Waals surface area (Å²) in [6.07, 6.45) is 2.34. The Morgan fingerprint density at radius 2 is 1.88 bits per heavy atom. The summed E-state index contributed by atoms with van der Waals surface area (Å²) in [4.78, 5) is 32.5. The first kappa shape index (κ1) is 20.6. The molecule has 2 aromatic heterocycles. The van der Waals surface area contributed by atoms with E-state index in [2.05, 4.69) is 25.7 Å². The number of fused-ring (bicyclic) bond motifs is 1. The van der Waals surface area contributed by atoms with Crippen LogP contribution in [0, 0.1) is 5.82 Å². The number of rotatable bonds is 5. The number of carbonyl (C=O) groups excluding carboxylic acids is 1. The van der Waals surface area contributed by atoms with Crippen LogP contribution in [0.4, 0.5) is 15.0 Å². The van der Waals surface area contributed by atoms with Gasteiger partial charge in [0.25, 0.3) is 5.56 Å². The van der Waals surface area contributed by atoms with E-state index in [1.165, 1.54) is 16.8 Å². The van der Waals surface area contributed by atoms with E-state index in [1.807, 2.05) is 30.3 Å². The highest BCUT2D eigenvalue weighted by atomic mass is 19.1. The Labute approximate surface area is 188 Å². The van der Waals surface area contributed by atoms with Crippen molar-refractivity contribution >= 4 is 11.8 Å². The van der Waals surface area contributed by atoms with Gasteiger partial charge < -0.3 is 5.32 Å². The molecule has 1 aliphatic carbocycles. The van der Waals surface area contributed by atoms with E-state index >= 15 is 0 Å². The van der Waals surface area contributed by atoms with E-state index < -0.39 is 6.03 Å². The summed E-state index contributed by atoms with van der Waals surface area (Å²) < 4.78 is 14.5. The first-order valence-electron chi connectivity index (χ1n) is 10.6. The van der Waals surface area contributed by atoms with Crippen LogP contribution in [-0.2, 0) is 19.4 Å². The second-order valence-corrected chi connectivity index (χ2v) is 7.80. The molecule has 2 aromatic carbocycles. The number of amides is 2. The van der Waals surface area contributed by atoms with Crippen LogP contribution in [0.1, 0.15) is 23.2 Å². The standard InChI is InChI=1S/C24H21FN6O2/c25-17-11-9-15(10-12-17)14-26-24(33)28-21-13-20(16-5-2-1-3-6-16)30-31(21)23-27-19-8-4-7-18(19)22(32)29-23/h1-3,5-6,9-13H,4,7-8,14H2,(H2,26,28,33)(H,27,29,32). The number of hydrogen-bond acceptors (Lipinski definition) is 4. The molecule has 0 bridgehead atoms. The Hall–Kier alpha value is -4.27. The molecule has 166 valence electrons. The molecule has 0 spiro atoms. The van der Waals surface area contributed by atoms with E-state index in [0.717, 1.165) is 29.7 Å². The molecule has 5 rings (SSSR count). The lowest BCUT2D eigenvalue weighted by molar-refractivity contribution is 0.251. The van der Waals surface area contributed by atoms with Gasteiger partial charge in [0, 0.05) is 23.7 Å². The van der Waals surface area contributed by atoms with Crippen molar-refractivity contribution in [3.05, 3.63) is 93.7 Å². The maximum atomic E-state index is 13.1. The quantitative estimate of drug-likeness (QED) is 0.438. The third kappa shape index (κ3) is 4.38. The van der Waals surface area contributed by atoms with Crippen molar-refractivity contribution in [3.8, 4) is 17.2 Å². The number of nitrogens with one attached hydrogen (secondary N) is 3. The fourth-order valence-corrected chi connectivity index (χ4v) is 3.86. The molecule has 4 aromatic rings. The number of nitrogens with zero attached hydrogens (tertiary/aromatic N) is 3. The molecule has 8 nitrogen and oxygen atoms in total. The van der Waals surface area contributed by atoms with Gasteiger partial charge in [-0.3, -0.25) is 15.1 Å². The van der Waals surface area contributed by atoms with Crippen LogP contribution in [0.3, 0.4) is 0 Å². The maximum absolute atomic E-state index is 13.1. The van der Waals surface area contributed by atoms with Gasteiger partial charge in [0.2, 0.25) is 5.95 Å². The highest BCUT2D eigenvalue weighted by molar-refractivity contribution is 5.89. The molecule has 2 heterocycles. The molecule has 1 aliphatic rings. The average Bonchev–Trinajstić information content (AvgIpc) is 3.47. The van der Waals surface area contributed by atoms with Gasteiger partial charge in [-0.2, -0.15) is 9.78 Å². The van der Waals surface area contributed by atoms with Crippen molar-refractivity contribution in [2.45, 2.75) is 25.8 Å². The number of aromatic nitrogens is 4. The number of urea groups is 1. The third-order valence-electron chi connectivity index (χ3n) is 5.52. The Morgan fingerprint density at radius 3 is 2.67 bits per heavy atom. The van der Waals surface area contributed by atoms with Gasteiger partial charge in [-0.15, -0.1) is 0 Å². The second-order valence-electron chi connectivity index (χ2n) is 7.80. The molecular formula is C24H21FN6O2. The lowest BCUT2D eigenvalue weighted by Gasteiger charge is -2.10. The number of hydrogen-bond donors (Lipinski definition) is 3. The molecule has 33 heavy (non-hydrogen) atoms. The molecule has 0 fully saturated rings. The van der Waals surface area contributed by atoms with E-state index in [9.17, 15) is 14.0 Å². The minimum Gasteiger partial charge on any atom is -0.334 e. The van der Waals surface area contributed by atoms with Crippen molar-refractivity contribution in [1.29, 1.82) is 0 Å². The summed E-state index contributed by atoms with van der Waals surface area (Å²) in [6, 6.07) is 16.6. The van der Waals surface area contributed by atoms with Crippen molar-refractivity contribution in [2.75, 3.05) is 5.32 Å². The Bertz CT molecular complexity index is 1360. The Morgan fingerprint density at radius 1 is 1.09 bits per heavy atom. The second kappa shape index (κ2) is 8.70. The topological polar surface area (TPSA) is 105 Å². The Balaban J connectivity index is 1.45. The summed E-state index contributed by atoms with van der Waals surface area (Å²) in [5.74, 6) is 0.264. The van der Waals surface area contributed by atoms with Crippen molar-refractivity contribution < 1.29 is 9.18 Å². The first-order valence-corrected chi connectivity index (χ1v) is 10.6. The largest absolute Gasteiger partial charge is 0.334 e. The maximum Gasteiger partial charge on any atom is 0.320 e. The van der Waals surface area contributed by atoms with Crippen LogP contribution < -0.4 is 16.2 Å². The molecule has 3 N–H and O–H groups in total. The van der Waals surface area contributed by atoms with Gasteiger partial charge in [0.05, 0.1) is 11.4 Å². The van der Waals surface area contributed by atoms with Gasteiger partial charge >= 0.3 is 6.03 Å². The zero-order chi connectivity index (χ0) is 22.8. The fraction of sp³-hybridized carbons (Fsp3) is 0.167. The van der Waals surface area contributed by atoms with Gasteiger partial charge in [0.15, 0.2) is 0 Å². The van der Waals surface area contributed by atoms with Gasteiger partial charge in [-0.25, -0.2) is 14.2 Å². The summed E-state index contributed by atoms with van der Waals surface area (Å²) in [5, 5.41) is 10.1. The van der Waals surface area contributed by atoms with Crippen molar-refractivity contribution in [1.82, 2.24) is 25.1 Å². The molecule has 0 saturated carbocycles. The normalized spacial score (nSPS) is 12.4. The molecule has 9 heteroatoms. The van der Waals surface area contributed by atoms with E-state index in [-0.39, 0.29) is 23.9 Å². The number of H-pyrrole nitrogens is 1. The molecule has 0 unspecified atom stereocenters. The van der Waals surface area contributed by atoms with Crippen LogP contribution in [0.2, 0.25) is 0 Å². The van der Waals surface area contributed by atoms with Crippen LogP contribution >= 0.6 is 0 Å². The van der Waals surface area contributed by atoms with Gasteiger partial charge in [-0.1, -0.05) is 42.5 Å². The summed E-state index contributed by atoms with van der Waals surface area (Å²) >= 11 is 0. The number of halogens is 1. The predicted molar refractivity (Wildman–Crippen MR) is 122 cm³/mol. The van der Waals surface area contributed by atoms with Gasteiger partial charge in [0.1, 0.15) is 11.6 Å². The smallest absolute Gasteiger partial charge is 0.320 e. The van der Waals surface area contributed by atoms with E-state index in [4.69, 9.17) is 0 Å². The zero-order valence-electron chi connectivity index (χ0n) is 17.6. The van der Waals surface area contributed by atoms with E-state index in [1.54, 1.807) is 18.2 Å². The van der Waals surface area contributed by atoms with Crippen molar-refractivity contribution in [2.24, 2.45) is 0 Å². The molecule has 0 saturated heterocycles. The minimum absolute atomic E-state index is 0.184. The van der Waals surface area contributed by atoms with Crippen LogP contribution in [0.25, 0.3) is 17.2 Å². The number of anilines is 1. The minimum atomic E-state index is -0.469. The summed E-state index contributed by atoms with van der Waals surface area (Å²) in [6.45, 7) is 0.222. The summed E-state index contributed by atoms with van der Waals surface area (Å²) in [5.41, 5.74) is 3.52. The zero-order valence-corrected chi connectivity index (χ0v) is 17.6. The number of carbonyl (C=O) groups is 1.